The van der Waals surface area contributed by atoms with E-state index in [2.05, 4.69) is 33.1 Å². The molecule has 0 spiro atoms. The molecule has 7 nitrogen and oxygen atoms in total. The second kappa shape index (κ2) is 8.11. The number of aromatic nitrogens is 3. The van der Waals surface area contributed by atoms with Gasteiger partial charge in [-0.1, -0.05) is 18.2 Å². The second-order valence-corrected chi connectivity index (χ2v) is 7.81. The Balaban J connectivity index is 1.40. The molecule has 0 aliphatic carbocycles. The van der Waals surface area contributed by atoms with Gasteiger partial charge in [-0.25, -0.2) is 0 Å². The van der Waals surface area contributed by atoms with Gasteiger partial charge in [0.25, 0.3) is 0 Å². The van der Waals surface area contributed by atoms with Crippen molar-refractivity contribution in [3.8, 4) is 5.88 Å². The summed E-state index contributed by atoms with van der Waals surface area (Å²) in [4.78, 5) is 16.8. The number of carbonyl (C=O) groups is 1. The fraction of sp³-hybridized carbons (Fsp3) is 0.409. The van der Waals surface area contributed by atoms with Crippen LogP contribution in [0.5, 0.6) is 5.88 Å². The third-order valence-corrected chi connectivity index (χ3v) is 5.42. The molecule has 152 valence electrons. The van der Waals surface area contributed by atoms with Crippen molar-refractivity contribution in [2.24, 2.45) is 7.05 Å². The average Bonchev–Trinajstić information content (AvgIpc) is 3.04. The molecule has 1 aliphatic rings. The molecule has 4 rings (SSSR count). The molecule has 1 atom stereocenters. The van der Waals surface area contributed by atoms with E-state index < -0.39 is 0 Å². The first kappa shape index (κ1) is 19.2. The number of piperidine rings is 1. The molecule has 1 amide bonds. The summed E-state index contributed by atoms with van der Waals surface area (Å²) >= 11 is 0. The van der Waals surface area contributed by atoms with E-state index in [1.54, 1.807) is 0 Å². The molecular formula is C22H27N5O2. The van der Waals surface area contributed by atoms with Crippen LogP contribution in [-0.4, -0.2) is 58.9 Å². The number of amides is 1. The summed E-state index contributed by atoms with van der Waals surface area (Å²) in [6.07, 6.45) is 4.25. The fourth-order valence-corrected chi connectivity index (χ4v) is 3.89. The van der Waals surface area contributed by atoms with Crippen molar-refractivity contribution < 1.29 is 9.53 Å². The highest BCUT2D eigenvalue weighted by molar-refractivity contribution is 5.89. The molecule has 0 radical (unpaired) electrons. The van der Waals surface area contributed by atoms with E-state index in [0.717, 1.165) is 41.7 Å². The number of likely N-dealkylation sites (tertiary alicyclic amines) is 1. The van der Waals surface area contributed by atoms with Crippen molar-refractivity contribution in [1.29, 1.82) is 0 Å². The molecule has 0 saturated carbocycles. The van der Waals surface area contributed by atoms with Crippen LogP contribution in [0.1, 0.15) is 18.4 Å². The Morgan fingerprint density at radius 1 is 1.21 bits per heavy atom. The average molecular weight is 393 g/mol. The minimum absolute atomic E-state index is 0.0558. The third kappa shape index (κ3) is 4.18. The van der Waals surface area contributed by atoms with E-state index in [0.29, 0.717) is 18.8 Å². The highest BCUT2D eigenvalue weighted by Crippen LogP contribution is 2.23. The number of para-hydroxylation sites is 1. The van der Waals surface area contributed by atoms with Gasteiger partial charge in [0.1, 0.15) is 6.10 Å². The molecule has 29 heavy (non-hydrogen) atoms. The van der Waals surface area contributed by atoms with Crippen LogP contribution in [-0.2, 0) is 18.3 Å². The first-order valence-corrected chi connectivity index (χ1v) is 9.99. The Bertz CT molecular complexity index is 996. The second-order valence-electron chi connectivity index (χ2n) is 7.81. The molecular weight excluding hydrogens is 366 g/mol. The van der Waals surface area contributed by atoms with Gasteiger partial charge in [0, 0.05) is 50.9 Å². The molecule has 1 aromatic carbocycles. The Labute approximate surface area is 170 Å². The zero-order valence-corrected chi connectivity index (χ0v) is 17.2. The summed E-state index contributed by atoms with van der Waals surface area (Å²) in [5, 5.41) is 9.44. The molecule has 0 bridgehead atoms. The topological polar surface area (TPSA) is 63.5 Å². The summed E-state index contributed by atoms with van der Waals surface area (Å²) in [6.45, 7) is 1.36. The van der Waals surface area contributed by atoms with Gasteiger partial charge in [-0.05, 0) is 30.5 Å². The number of rotatable bonds is 5. The number of benzene rings is 1. The predicted molar refractivity (Wildman–Crippen MR) is 113 cm³/mol. The standard InChI is InChI=1S/C22H27N5O2/c1-25(2)20-10-11-21(24-23-20)29-17-7-6-12-27(15-17)22(28)13-16-14-26(3)19-9-5-4-8-18(16)19/h4-5,8-11,14,17H,6-7,12-13,15H2,1-3H3. The van der Waals surface area contributed by atoms with Crippen LogP contribution < -0.4 is 9.64 Å². The zero-order chi connectivity index (χ0) is 20.4. The van der Waals surface area contributed by atoms with E-state index in [4.69, 9.17) is 4.74 Å². The largest absolute Gasteiger partial charge is 0.471 e. The number of hydrogen-bond donors (Lipinski definition) is 0. The third-order valence-electron chi connectivity index (χ3n) is 5.42. The maximum Gasteiger partial charge on any atom is 0.233 e. The van der Waals surface area contributed by atoms with Crippen molar-refractivity contribution in [2.75, 3.05) is 32.1 Å². The number of nitrogens with zero attached hydrogens (tertiary/aromatic N) is 5. The van der Waals surface area contributed by atoms with E-state index in [9.17, 15) is 4.79 Å². The number of ether oxygens (including phenoxy) is 1. The van der Waals surface area contributed by atoms with Crippen LogP contribution in [0, 0.1) is 0 Å². The monoisotopic (exact) mass is 393 g/mol. The summed E-state index contributed by atoms with van der Waals surface area (Å²) in [5.74, 6) is 1.43. The van der Waals surface area contributed by atoms with Gasteiger partial charge in [0.05, 0.1) is 13.0 Å². The lowest BCUT2D eigenvalue weighted by Gasteiger charge is -2.32. The highest BCUT2D eigenvalue weighted by Gasteiger charge is 2.26. The van der Waals surface area contributed by atoms with Crippen molar-refractivity contribution in [2.45, 2.75) is 25.4 Å². The number of fused-ring (bicyclic) bond motifs is 1. The van der Waals surface area contributed by atoms with Gasteiger partial charge < -0.3 is 19.1 Å². The summed E-state index contributed by atoms with van der Waals surface area (Å²) in [5.41, 5.74) is 2.22. The molecule has 3 heterocycles. The van der Waals surface area contributed by atoms with Crippen molar-refractivity contribution in [1.82, 2.24) is 19.7 Å². The van der Waals surface area contributed by atoms with Crippen molar-refractivity contribution in [3.05, 3.63) is 48.2 Å². The summed E-state index contributed by atoms with van der Waals surface area (Å²) in [6, 6.07) is 11.9. The van der Waals surface area contributed by atoms with Gasteiger partial charge in [-0.15, -0.1) is 10.2 Å². The molecule has 1 fully saturated rings. The maximum atomic E-state index is 13.0. The quantitative estimate of drug-likeness (QED) is 0.667. The van der Waals surface area contributed by atoms with Crippen LogP contribution >= 0.6 is 0 Å². The van der Waals surface area contributed by atoms with Gasteiger partial charge in [0.2, 0.25) is 11.8 Å². The Morgan fingerprint density at radius 3 is 2.79 bits per heavy atom. The number of anilines is 1. The van der Waals surface area contributed by atoms with Crippen LogP contribution in [0.3, 0.4) is 0 Å². The Hall–Kier alpha value is -3.09. The van der Waals surface area contributed by atoms with E-state index in [1.165, 1.54) is 0 Å². The van der Waals surface area contributed by atoms with Gasteiger partial charge >= 0.3 is 0 Å². The van der Waals surface area contributed by atoms with Crippen LogP contribution in [0.25, 0.3) is 10.9 Å². The molecule has 7 heteroatoms. The first-order valence-electron chi connectivity index (χ1n) is 9.99. The van der Waals surface area contributed by atoms with Crippen molar-refractivity contribution in [3.63, 3.8) is 0 Å². The number of carbonyl (C=O) groups excluding carboxylic acids is 1. The lowest BCUT2D eigenvalue weighted by Crippen LogP contribution is -2.45. The predicted octanol–water partition coefficient (Wildman–Crippen LogP) is 2.65. The molecule has 2 aromatic heterocycles. The molecule has 1 saturated heterocycles. The van der Waals surface area contributed by atoms with Crippen LogP contribution in [0.4, 0.5) is 5.82 Å². The Kier molecular flexibility index (Phi) is 5.38. The molecule has 1 aliphatic heterocycles. The van der Waals surface area contributed by atoms with Crippen molar-refractivity contribution >= 4 is 22.6 Å². The Morgan fingerprint density at radius 2 is 2.03 bits per heavy atom. The first-order chi connectivity index (χ1) is 14.0. The lowest BCUT2D eigenvalue weighted by atomic mass is 10.1. The van der Waals surface area contributed by atoms with Gasteiger partial charge in [-0.3, -0.25) is 4.79 Å². The fourth-order valence-electron chi connectivity index (χ4n) is 3.89. The minimum Gasteiger partial charge on any atom is -0.471 e. The van der Waals surface area contributed by atoms with Gasteiger partial charge in [-0.2, -0.15) is 0 Å². The van der Waals surface area contributed by atoms with Crippen LogP contribution in [0.2, 0.25) is 0 Å². The normalized spacial score (nSPS) is 16.8. The van der Waals surface area contributed by atoms with E-state index in [1.807, 2.05) is 55.2 Å². The maximum absolute atomic E-state index is 13.0. The minimum atomic E-state index is -0.0558. The molecule has 1 unspecified atom stereocenters. The highest BCUT2D eigenvalue weighted by atomic mass is 16.5. The number of hydrogen-bond acceptors (Lipinski definition) is 5. The summed E-state index contributed by atoms with van der Waals surface area (Å²) < 4.78 is 8.08. The smallest absolute Gasteiger partial charge is 0.233 e. The lowest BCUT2D eigenvalue weighted by molar-refractivity contribution is -0.133. The van der Waals surface area contributed by atoms with E-state index >= 15 is 0 Å². The van der Waals surface area contributed by atoms with Crippen LogP contribution in [0.15, 0.2) is 42.6 Å². The molecule has 0 N–H and O–H groups in total. The summed E-state index contributed by atoms with van der Waals surface area (Å²) in [7, 11) is 5.86. The number of aryl methyl sites for hydroxylation is 1. The van der Waals surface area contributed by atoms with Gasteiger partial charge in [0.15, 0.2) is 5.82 Å². The molecule has 3 aromatic rings. The SMILES string of the molecule is CN(C)c1ccc(OC2CCCN(C(=O)Cc3cn(C)c4ccccc34)C2)nn1. The zero-order valence-electron chi connectivity index (χ0n) is 17.2. The van der Waals surface area contributed by atoms with E-state index in [-0.39, 0.29) is 12.0 Å².